The molecule has 1 aliphatic rings. The molecule has 2 aromatic rings. The zero-order valence-electron chi connectivity index (χ0n) is 11.0. The molecule has 3 nitrogen and oxygen atoms in total. The average Bonchev–Trinajstić information content (AvgIpc) is 2.87. The first-order valence-electron chi connectivity index (χ1n) is 6.92. The molecule has 1 fully saturated rings. The molecule has 19 heavy (non-hydrogen) atoms. The number of thiophene rings is 1. The number of aromatic amines is 1. The summed E-state index contributed by atoms with van der Waals surface area (Å²) in [4.78, 5) is 15.8. The van der Waals surface area contributed by atoms with Crippen LogP contribution in [-0.2, 0) is 0 Å². The van der Waals surface area contributed by atoms with E-state index >= 15 is 0 Å². The highest BCUT2D eigenvalue weighted by Crippen LogP contribution is 2.33. The van der Waals surface area contributed by atoms with Crippen molar-refractivity contribution in [2.45, 2.75) is 45.1 Å². The van der Waals surface area contributed by atoms with Crippen molar-refractivity contribution in [1.82, 2.24) is 9.55 Å². The minimum atomic E-state index is 0.0931. The van der Waals surface area contributed by atoms with Crippen LogP contribution in [0.4, 0.5) is 0 Å². The molecule has 102 valence electrons. The van der Waals surface area contributed by atoms with E-state index in [0.717, 1.165) is 29.0 Å². The lowest BCUT2D eigenvalue weighted by Gasteiger charge is -2.29. The summed E-state index contributed by atoms with van der Waals surface area (Å²) in [7, 11) is 0. The fourth-order valence-electron chi connectivity index (χ4n) is 3.15. The van der Waals surface area contributed by atoms with E-state index in [1.165, 1.54) is 30.6 Å². The van der Waals surface area contributed by atoms with Gasteiger partial charge in [-0.3, -0.25) is 9.36 Å². The summed E-state index contributed by atoms with van der Waals surface area (Å²) in [5, 5.41) is 1.94. The Morgan fingerprint density at radius 2 is 2.37 bits per heavy atom. The largest absolute Gasteiger partial charge is 0.331 e. The van der Waals surface area contributed by atoms with Crippen LogP contribution >= 0.6 is 23.6 Å². The van der Waals surface area contributed by atoms with Gasteiger partial charge in [-0.25, -0.2) is 0 Å². The summed E-state index contributed by atoms with van der Waals surface area (Å²) in [6.07, 6.45) is 5.85. The summed E-state index contributed by atoms with van der Waals surface area (Å²) in [6.45, 7) is 2.24. The lowest BCUT2D eigenvalue weighted by molar-refractivity contribution is 0.255. The van der Waals surface area contributed by atoms with Gasteiger partial charge in [-0.05, 0) is 42.4 Å². The molecule has 0 radical (unpaired) electrons. The number of aromatic nitrogens is 2. The molecule has 0 aliphatic heterocycles. The Morgan fingerprint density at radius 1 is 1.53 bits per heavy atom. The van der Waals surface area contributed by atoms with Gasteiger partial charge in [0, 0.05) is 6.04 Å². The number of nitrogens with one attached hydrogen (secondary N) is 1. The van der Waals surface area contributed by atoms with Gasteiger partial charge in [0.15, 0.2) is 4.77 Å². The molecule has 0 bridgehead atoms. The first kappa shape index (κ1) is 13.1. The van der Waals surface area contributed by atoms with Crippen LogP contribution in [-0.4, -0.2) is 9.55 Å². The Morgan fingerprint density at radius 3 is 3.16 bits per heavy atom. The van der Waals surface area contributed by atoms with Gasteiger partial charge in [0.05, 0.1) is 5.52 Å². The molecular formula is C14H18N2OS2. The van der Waals surface area contributed by atoms with Crippen LogP contribution in [0.3, 0.4) is 0 Å². The molecule has 2 atom stereocenters. The molecule has 0 aromatic carbocycles. The van der Waals surface area contributed by atoms with Gasteiger partial charge < -0.3 is 4.98 Å². The van der Waals surface area contributed by atoms with Gasteiger partial charge in [0.2, 0.25) is 0 Å². The zero-order valence-corrected chi connectivity index (χ0v) is 12.6. The number of H-pyrrole nitrogens is 1. The van der Waals surface area contributed by atoms with Crippen LogP contribution in [0.2, 0.25) is 0 Å². The lowest BCUT2D eigenvalue weighted by atomic mass is 9.84. The fourth-order valence-corrected chi connectivity index (χ4v) is 4.28. The quantitative estimate of drug-likeness (QED) is 0.840. The minimum absolute atomic E-state index is 0.0931. The van der Waals surface area contributed by atoms with Crippen molar-refractivity contribution in [3.05, 3.63) is 26.6 Å². The average molecular weight is 294 g/mol. The van der Waals surface area contributed by atoms with Crippen LogP contribution in [0.15, 0.2) is 16.2 Å². The fraction of sp³-hybridized carbons (Fsp3) is 0.571. The number of fused-ring (bicyclic) bond motifs is 1. The third-order valence-corrected chi connectivity index (χ3v) is 5.44. The van der Waals surface area contributed by atoms with E-state index in [-0.39, 0.29) is 11.6 Å². The SMILES string of the molecule is CCC1CCCC(n2c(=S)[nH]c3ccsc3c2=O)C1. The number of hydrogen-bond acceptors (Lipinski definition) is 3. The van der Waals surface area contributed by atoms with Crippen molar-refractivity contribution in [3.63, 3.8) is 0 Å². The molecule has 0 saturated heterocycles. The van der Waals surface area contributed by atoms with Crippen molar-refractivity contribution in [2.24, 2.45) is 5.92 Å². The van der Waals surface area contributed by atoms with Gasteiger partial charge in [0.1, 0.15) is 4.70 Å². The second-order valence-electron chi connectivity index (χ2n) is 5.36. The highest BCUT2D eigenvalue weighted by atomic mass is 32.1. The maximum atomic E-state index is 12.6. The molecule has 1 saturated carbocycles. The predicted octanol–water partition coefficient (Wildman–Crippen LogP) is 4.26. The molecule has 2 aromatic heterocycles. The zero-order chi connectivity index (χ0) is 13.4. The Hall–Kier alpha value is -0.940. The van der Waals surface area contributed by atoms with Crippen LogP contribution < -0.4 is 5.56 Å². The van der Waals surface area contributed by atoms with E-state index in [4.69, 9.17) is 12.2 Å². The van der Waals surface area contributed by atoms with E-state index in [1.807, 2.05) is 16.0 Å². The standard InChI is InChI=1S/C14H18N2OS2/c1-2-9-4-3-5-10(8-9)16-13(17)12-11(6-7-19-12)15-14(16)18/h6-7,9-10H,2-5,8H2,1H3,(H,15,18). The van der Waals surface area contributed by atoms with Crippen LogP contribution in [0, 0.1) is 10.7 Å². The van der Waals surface area contributed by atoms with E-state index in [9.17, 15) is 4.79 Å². The molecule has 2 unspecified atom stereocenters. The predicted molar refractivity (Wildman–Crippen MR) is 82.6 cm³/mol. The van der Waals surface area contributed by atoms with Crippen molar-refractivity contribution < 1.29 is 0 Å². The van der Waals surface area contributed by atoms with E-state index < -0.39 is 0 Å². The Kier molecular flexibility index (Phi) is 3.58. The van der Waals surface area contributed by atoms with E-state index in [0.29, 0.717) is 4.77 Å². The monoisotopic (exact) mass is 294 g/mol. The summed E-state index contributed by atoms with van der Waals surface area (Å²) in [5.41, 5.74) is 0.967. The highest BCUT2D eigenvalue weighted by Gasteiger charge is 2.24. The van der Waals surface area contributed by atoms with Crippen LogP contribution in [0.25, 0.3) is 10.2 Å². The number of nitrogens with zero attached hydrogens (tertiary/aromatic N) is 1. The second kappa shape index (κ2) is 5.21. The summed E-state index contributed by atoms with van der Waals surface area (Å²) < 4.78 is 3.21. The maximum Gasteiger partial charge on any atom is 0.272 e. The molecule has 2 heterocycles. The summed E-state index contributed by atoms with van der Waals surface area (Å²) in [5.74, 6) is 0.735. The molecule has 0 amide bonds. The molecular weight excluding hydrogens is 276 g/mol. The first-order valence-corrected chi connectivity index (χ1v) is 8.21. The van der Waals surface area contributed by atoms with Crippen LogP contribution in [0.1, 0.15) is 45.1 Å². The van der Waals surface area contributed by atoms with Crippen molar-refractivity contribution in [2.75, 3.05) is 0 Å². The van der Waals surface area contributed by atoms with Gasteiger partial charge in [-0.1, -0.05) is 26.2 Å². The first-order chi connectivity index (χ1) is 9.20. The third-order valence-electron chi connectivity index (χ3n) is 4.24. The van der Waals surface area contributed by atoms with Crippen molar-refractivity contribution in [1.29, 1.82) is 0 Å². The Bertz CT molecular complexity index is 697. The third kappa shape index (κ3) is 2.30. The normalized spacial score (nSPS) is 23.8. The summed E-state index contributed by atoms with van der Waals surface area (Å²) in [6, 6.07) is 2.21. The number of rotatable bonds is 2. The van der Waals surface area contributed by atoms with E-state index in [1.54, 1.807) is 0 Å². The van der Waals surface area contributed by atoms with Gasteiger partial charge >= 0.3 is 0 Å². The molecule has 0 spiro atoms. The molecule has 3 rings (SSSR count). The summed E-state index contributed by atoms with van der Waals surface area (Å²) >= 11 is 6.90. The van der Waals surface area contributed by atoms with Gasteiger partial charge in [-0.2, -0.15) is 0 Å². The van der Waals surface area contributed by atoms with Crippen LogP contribution in [0.5, 0.6) is 0 Å². The molecule has 1 aliphatic carbocycles. The smallest absolute Gasteiger partial charge is 0.272 e. The van der Waals surface area contributed by atoms with E-state index in [2.05, 4.69) is 11.9 Å². The van der Waals surface area contributed by atoms with Gasteiger partial charge in [0.25, 0.3) is 5.56 Å². The molecule has 5 heteroatoms. The van der Waals surface area contributed by atoms with Crippen molar-refractivity contribution >= 4 is 33.8 Å². The topological polar surface area (TPSA) is 37.8 Å². The molecule has 1 N–H and O–H groups in total. The van der Waals surface area contributed by atoms with Crippen molar-refractivity contribution in [3.8, 4) is 0 Å². The minimum Gasteiger partial charge on any atom is -0.331 e. The maximum absolute atomic E-state index is 12.6. The lowest BCUT2D eigenvalue weighted by Crippen LogP contribution is -2.29. The highest BCUT2D eigenvalue weighted by molar-refractivity contribution is 7.71. The Labute approximate surface area is 121 Å². The Balaban J connectivity index is 2.09. The second-order valence-corrected chi connectivity index (χ2v) is 6.67. The van der Waals surface area contributed by atoms with Gasteiger partial charge in [-0.15, -0.1) is 11.3 Å². The number of hydrogen-bond donors (Lipinski definition) is 1.